The molecule has 92 valence electrons. The summed E-state index contributed by atoms with van der Waals surface area (Å²) in [6.07, 6.45) is 6.41. The van der Waals surface area contributed by atoms with Gasteiger partial charge in [-0.25, -0.2) is 4.98 Å². The highest BCUT2D eigenvalue weighted by molar-refractivity contribution is 9.10. The summed E-state index contributed by atoms with van der Waals surface area (Å²) >= 11 is 3.27. The second-order valence-electron chi connectivity index (χ2n) is 4.62. The molecule has 0 aliphatic heterocycles. The molecule has 1 aliphatic carbocycles. The molecule has 0 radical (unpaired) electrons. The van der Waals surface area contributed by atoms with Crippen LogP contribution in [-0.4, -0.2) is 16.9 Å². The summed E-state index contributed by atoms with van der Waals surface area (Å²) in [5, 5.41) is 3.09. The molecule has 1 unspecified atom stereocenters. The highest BCUT2D eigenvalue weighted by Gasteiger charge is 2.25. The van der Waals surface area contributed by atoms with Gasteiger partial charge in [0.05, 0.1) is 0 Å². The molecule has 1 fully saturated rings. The number of rotatable bonds is 5. The third kappa shape index (κ3) is 3.80. The Morgan fingerprint density at radius 3 is 3.00 bits per heavy atom. The van der Waals surface area contributed by atoms with Crippen LogP contribution in [0, 0.1) is 5.92 Å². The van der Waals surface area contributed by atoms with Gasteiger partial charge in [-0.3, -0.25) is 4.79 Å². The van der Waals surface area contributed by atoms with Gasteiger partial charge in [0.2, 0.25) is 0 Å². The smallest absolute Gasteiger partial charge is 0.251 e. The van der Waals surface area contributed by atoms with Crippen LogP contribution in [-0.2, 0) is 0 Å². The molecular formula is C13H17BrN2O. The summed E-state index contributed by atoms with van der Waals surface area (Å²) in [7, 11) is 0. The normalized spacial score (nSPS) is 16.6. The number of nitrogens with zero attached hydrogens (tertiary/aromatic N) is 1. The molecule has 1 saturated carbocycles. The average Bonchev–Trinajstić information content (AvgIpc) is 3.12. The predicted molar refractivity (Wildman–Crippen MR) is 70.8 cm³/mol. The maximum absolute atomic E-state index is 12.0. The van der Waals surface area contributed by atoms with Crippen molar-refractivity contribution in [2.75, 3.05) is 0 Å². The van der Waals surface area contributed by atoms with Gasteiger partial charge in [0.25, 0.3) is 5.91 Å². The highest BCUT2D eigenvalue weighted by Crippen LogP contribution is 2.34. The number of hydrogen-bond acceptors (Lipinski definition) is 2. The number of nitrogens with one attached hydrogen (secondary N) is 1. The Morgan fingerprint density at radius 2 is 2.41 bits per heavy atom. The summed E-state index contributed by atoms with van der Waals surface area (Å²) < 4.78 is 0.695. The van der Waals surface area contributed by atoms with Gasteiger partial charge >= 0.3 is 0 Å². The van der Waals surface area contributed by atoms with E-state index in [1.807, 2.05) is 0 Å². The van der Waals surface area contributed by atoms with Gasteiger partial charge < -0.3 is 5.32 Å². The molecule has 1 N–H and O–H groups in total. The van der Waals surface area contributed by atoms with Crippen LogP contribution in [0.1, 0.15) is 43.0 Å². The zero-order valence-electron chi connectivity index (χ0n) is 9.95. The van der Waals surface area contributed by atoms with Crippen molar-refractivity contribution in [2.24, 2.45) is 5.92 Å². The van der Waals surface area contributed by atoms with Crippen molar-refractivity contribution in [2.45, 2.75) is 38.6 Å². The average molecular weight is 297 g/mol. The summed E-state index contributed by atoms with van der Waals surface area (Å²) in [6, 6.07) is 3.80. The summed E-state index contributed by atoms with van der Waals surface area (Å²) in [4.78, 5) is 16.0. The van der Waals surface area contributed by atoms with Crippen LogP contribution in [0.5, 0.6) is 0 Å². The van der Waals surface area contributed by atoms with Crippen molar-refractivity contribution in [3.8, 4) is 0 Å². The summed E-state index contributed by atoms with van der Waals surface area (Å²) in [6.45, 7) is 2.12. The lowest BCUT2D eigenvalue weighted by Gasteiger charge is -2.16. The number of amides is 1. The lowest BCUT2D eigenvalue weighted by Crippen LogP contribution is -2.34. The van der Waals surface area contributed by atoms with Crippen LogP contribution in [0.4, 0.5) is 0 Å². The van der Waals surface area contributed by atoms with E-state index in [0.717, 1.165) is 18.8 Å². The van der Waals surface area contributed by atoms with Crippen LogP contribution in [0.2, 0.25) is 0 Å². The van der Waals surface area contributed by atoms with Crippen molar-refractivity contribution >= 4 is 21.8 Å². The van der Waals surface area contributed by atoms with Crippen LogP contribution in [0.25, 0.3) is 0 Å². The SMILES string of the molecule is CCC(CC1CC1)NC(=O)c1ccnc(Br)c1. The summed E-state index contributed by atoms with van der Waals surface area (Å²) in [5.74, 6) is 0.838. The van der Waals surface area contributed by atoms with E-state index in [2.05, 4.69) is 33.2 Å². The number of aromatic nitrogens is 1. The molecule has 17 heavy (non-hydrogen) atoms. The third-order valence-corrected chi connectivity index (χ3v) is 3.57. The van der Waals surface area contributed by atoms with Crippen LogP contribution >= 0.6 is 15.9 Å². The number of pyridine rings is 1. The quantitative estimate of drug-likeness (QED) is 0.848. The molecule has 0 saturated heterocycles. The Morgan fingerprint density at radius 1 is 1.65 bits per heavy atom. The van der Waals surface area contributed by atoms with E-state index < -0.39 is 0 Å². The number of halogens is 1. The number of carbonyl (C=O) groups excluding carboxylic acids is 1. The Hall–Kier alpha value is -0.900. The fourth-order valence-electron chi connectivity index (χ4n) is 1.90. The van der Waals surface area contributed by atoms with Gasteiger partial charge in [-0.15, -0.1) is 0 Å². The molecule has 3 nitrogen and oxygen atoms in total. The second-order valence-corrected chi connectivity index (χ2v) is 5.44. The van der Waals surface area contributed by atoms with Crippen molar-refractivity contribution in [1.29, 1.82) is 0 Å². The van der Waals surface area contributed by atoms with E-state index >= 15 is 0 Å². The van der Waals surface area contributed by atoms with E-state index in [-0.39, 0.29) is 5.91 Å². The van der Waals surface area contributed by atoms with Crippen molar-refractivity contribution < 1.29 is 4.79 Å². The van der Waals surface area contributed by atoms with Crippen LogP contribution in [0.15, 0.2) is 22.9 Å². The topological polar surface area (TPSA) is 42.0 Å². The van der Waals surface area contributed by atoms with E-state index in [4.69, 9.17) is 0 Å². The molecule has 1 aliphatic rings. The van der Waals surface area contributed by atoms with Gasteiger partial charge in [-0.05, 0) is 46.8 Å². The van der Waals surface area contributed by atoms with Crippen molar-refractivity contribution in [3.63, 3.8) is 0 Å². The Balaban J connectivity index is 1.94. The first-order valence-electron chi connectivity index (χ1n) is 6.11. The first kappa shape index (κ1) is 12.6. The van der Waals surface area contributed by atoms with Crippen molar-refractivity contribution in [1.82, 2.24) is 10.3 Å². The molecule has 0 aromatic carbocycles. The molecule has 1 aromatic heterocycles. The zero-order chi connectivity index (χ0) is 12.3. The minimum Gasteiger partial charge on any atom is -0.349 e. The maximum Gasteiger partial charge on any atom is 0.251 e. The Labute approximate surface area is 110 Å². The minimum absolute atomic E-state index is 0.000556. The molecule has 2 rings (SSSR count). The molecule has 0 spiro atoms. The molecule has 0 bridgehead atoms. The first-order valence-corrected chi connectivity index (χ1v) is 6.90. The van der Waals surface area contributed by atoms with Gasteiger partial charge in [-0.2, -0.15) is 0 Å². The van der Waals surface area contributed by atoms with E-state index in [9.17, 15) is 4.79 Å². The molecular weight excluding hydrogens is 280 g/mol. The maximum atomic E-state index is 12.0. The second kappa shape index (κ2) is 5.63. The van der Waals surface area contributed by atoms with Gasteiger partial charge in [-0.1, -0.05) is 19.8 Å². The monoisotopic (exact) mass is 296 g/mol. The predicted octanol–water partition coefficient (Wildman–Crippen LogP) is 3.15. The van der Waals surface area contributed by atoms with Crippen LogP contribution in [0.3, 0.4) is 0 Å². The Bertz CT molecular complexity index is 404. The van der Waals surface area contributed by atoms with Crippen LogP contribution < -0.4 is 5.32 Å². The minimum atomic E-state index is 0.000556. The van der Waals surface area contributed by atoms with E-state index in [1.165, 1.54) is 12.8 Å². The van der Waals surface area contributed by atoms with Gasteiger partial charge in [0.1, 0.15) is 4.60 Å². The van der Waals surface area contributed by atoms with Gasteiger partial charge in [0, 0.05) is 17.8 Å². The molecule has 4 heteroatoms. The molecule has 1 heterocycles. The van der Waals surface area contributed by atoms with Gasteiger partial charge in [0.15, 0.2) is 0 Å². The molecule has 1 aromatic rings. The lowest BCUT2D eigenvalue weighted by atomic mass is 10.1. The summed E-state index contributed by atoms with van der Waals surface area (Å²) in [5.41, 5.74) is 0.668. The lowest BCUT2D eigenvalue weighted by molar-refractivity contribution is 0.0932. The Kier molecular flexibility index (Phi) is 4.15. The zero-order valence-corrected chi connectivity index (χ0v) is 11.5. The first-order chi connectivity index (χ1) is 8.19. The molecule has 1 amide bonds. The standard InChI is InChI=1S/C13H17BrN2O/c1-2-11(7-9-3-4-9)16-13(17)10-5-6-15-12(14)8-10/h5-6,8-9,11H,2-4,7H2,1H3,(H,16,17). The number of carbonyl (C=O) groups is 1. The fraction of sp³-hybridized carbons (Fsp3) is 0.538. The third-order valence-electron chi connectivity index (χ3n) is 3.13. The number of hydrogen-bond donors (Lipinski definition) is 1. The van der Waals surface area contributed by atoms with E-state index in [0.29, 0.717) is 16.2 Å². The largest absolute Gasteiger partial charge is 0.349 e. The van der Waals surface area contributed by atoms with E-state index in [1.54, 1.807) is 18.3 Å². The fourth-order valence-corrected chi connectivity index (χ4v) is 2.26. The van der Waals surface area contributed by atoms with Crippen molar-refractivity contribution in [3.05, 3.63) is 28.5 Å². The molecule has 1 atom stereocenters. The highest BCUT2D eigenvalue weighted by atomic mass is 79.9.